The van der Waals surface area contributed by atoms with Crippen LogP contribution < -0.4 is 26.5 Å². The number of nitrogens with one attached hydrogen (secondary N) is 2. The zero-order chi connectivity index (χ0) is 27.1. The van der Waals surface area contributed by atoms with Crippen molar-refractivity contribution in [1.82, 2.24) is 25.0 Å². The molecule has 2 aliphatic carbocycles. The number of anilines is 4. The van der Waals surface area contributed by atoms with E-state index in [0.717, 1.165) is 28.1 Å². The fourth-order valence-corrected chi connectivity index (χ4v) is 8.28. The lowest BCUT2D eigenvalue weighted by Gasteiger charge is -2.16. The molecule has 0 unspecified atom stereocenters. The zero-order valence-electron chi connectivity index (χ0n) is 22.2. The molecule has 2 aliphatic rings. The number of benzene rings is 1. The molecule has 39 heavy (non-hydrogen) atoms. The van der Waals surface area contributed by atoms with Crippen LogP contribution in [0.25, 0.3) is 11.3 Å². The van der Waals surface area contributed by atoms with Gasteiger partial charge in [0.15, 0.2) is 17.3 Å². The monoisotopic (exact) mass is 542 g/mol. The maximum absolute atomic E-state index is 12.2. The molecule has 2 fully saturated rings. The Hall–Kier alpha value is -4.04. The Labute approximate surface area is 228 Å². The van der Waals surface area contributed by atoms with Gasteiger partial charge in [0.2, 0.25) is 0 Å². The first-order chi connectivity index (χ1) is 18.9. The van der Waals surface area contributed by atoms with E-state index in [1.165, 1.54) is 31.1 Å². The van der Waals surface area contributed by atoms with Crippen LogP contribution in [0.3, 0.4) is 0 Å². The second-order valence-electron chi connectivity index (χ2n) is 10.1. The fraction of sp³-hybridized carbons (Fsp3) is 0.321. The molecule has 0 atom stereocenters. The van der Waals surface area contributed by atoms with Crippen LogP contribution in [0.5, 0.6) is 5.75 Å². The van der Waals surface area contributed by atoms with Crippen molar-refractivity contribution < 1.29 is 9.53 Å². The summed E-state index contributed by atoms with van der Waals surface area (Å²) >= 11 is 0. The molecule has 6 rings (SSSR count). The number of ether oxygens (including phenoxy) is 1. The van der Waals surface area contributed by atoms with Gasteiger partial charge in [-0.15, -0.1) is 10.2 Å². The molecule has 2 saturated carbocycles. The van der Waals surface area contributed by atoms with Gasteiger partial charge < -0.3 is 21.1 Å². The Morgan fingerprint density at radius 1 is 1.03 bits per heavy atom. The van der Waals surface area contributed by atoms with Crippen LogP contribution in [-0.4, -0.2) is 49.3 Å². The van der Waals surface area contributed by atoms with E-state index < -0.39 is 5.91 Å². The highest BCUT2D eigenvalue weighted by Crippen LogP contribution is 2.63. The van der Waals surface area contributed by atoms with Crippen molar-refractivity contribution in [3.8, 4) is 17.0 Å². The first-order valence-corrected chi connectivity index (χ1v) is 14.5. The molecule has 0 radical (unpaired) electrons. The van der Waals surface area contributed by atoms with Gasteiger partial charge in [0.1, 0.15) is 5.82 Å². The minimum absolute atomic E-state index is 0.0184. The van der Waals surface area contributed by atoms with Crippen molar-refractivity contribution in [2.24, 2.45) is 12.8 Å². The molecule has 0 bridgehead atoms. The molecule has 3 aromatic heterocycles. The van der Waals surface area contributed by atoms with Gasteiger partial charge in [-0.2, -0.15) is 5.10 Å². The van der Waals surface area contributed by atoms with Gasteiger partial charge in [0.25, 0.3) is 5.91 Å². The normalized spacial score (nSPS) is 14.9. The molecule has 1 aromatic carbocycles. The molecule has 11 heteroatoms. The van der Waals surface area contributed by atoms with Crippen LogP contribution in [0.1, 0.15) is 41.7 Å². The summed E-state index contributed by atoms with van der Waals surface area (Å²) in [7, 11) is 3.50. The number of pyridine rings is 1. The number of aromatic nitrogens is 5. The molecular weight excluding hydrogens is 511 g/mol. The topological polar surface area (TPSA) is 133 Å². The van der Waals surface area contributed by atoms with Gasteiger partial charge in [-0.05, 0) is 87.7 Å². The van der Waals surface area contributed by atoms with Crippen LogP contribution in [0.2, 0.25) is 0 Å². The summed E-state index contributed by atoms with van der Waals surface area (Å²) < 4.78 is 7.95. The second-order valence-corrected chi connectivity index (χ2v) is 12.8. The summed E-state index contributed by atoms with van der Waals surface area (Å²) in [6.07, 6.45) is 7.06. The van der Waals surface area contributed by atoms with Crippen LogP contribution >= 0.6 is 7.92 Å². The number of carbonyl (C=O) groups excluding carboxylic acids is 1. The predicted molar refractivity (Wildman–Crippen MR) is 154 cm³/mol. The smallest absolute Gasteiger partial charge is 0.271 e. The summed E-state index contributed by atoms with van der Waals surface area (Å²) in [6.45, 7) is 1.98. The summed E-state index contributed by atoms with van der Waals surface area (Å²) in [6, 6.07) is 13.5. The quantitative estimate of drug-likeness (QED) is 0.248. The number of carbonyl (C=O) groups is 1. The highest BCUT2D eigenvalue weighted by atomic mass is 31.1. The van der Waals surface area contributed by atoms with Crippen LogP contribution in [-0.2, 0) is 7.05 Å². The van der Waals surface area contributed by atoms with Gasteiger partial charge in [0.05, 0.1) is 29.6 Å². The molecule has 0 spiro atoms. The summed E-state index contributed by atoms with van der Waals surface area (Å²) in [4.78, 5) is 16.5. The SMILES string of the molecule is COc1c(Nc2cc(Nc3cc(C)ccn3)nnc2C(N)=O)cccc1-c1cc(P(C2CC2)C2CC2)n(C)n1. The van der Waals surface area contributed by atoms with Crippen LogP contribution in [0.15, 0.2) is 48.7 Å². The lowest BCUT2D eigenvalue weighted by Crippen LogP contribution is -2.17. The van der Waals surface area contributed by atoms with Crippen molar-refractivity contribution >= 4 is 42.3 Å². The highest BCUT2D eigenvalue weighted by Gasteiger charge is 2.43. The molecule has 0 saturated heterocycles. The predicted octanol–water partition coefficient (Wildman–Crippen LogP) is 4.61. The maximum atomic E-state index is 12.2. The molecule has 0 aliphatic heterocycles. The minimum Gasteiger partial charge on any atom is -0.494 e. The molecule has 4 aromatic rings. The Morgan fingerprint density at radius 2 is 1.79 bits per heavy atom. The minimum atomic E-state index is -0.691. The standard InChI is InChI=1S/C28H31N8O2P/c1-16-11-12-30-23(13-16)32-24-14-22(26(28(29)37)34-33-24)31-20-6-4-5-19(27(20)38-3)21-15-25(36(2)35-21)39(17-7-8-17)18-9-10-18/h4-6,11-15,17-18H,7-10H2,1-3H3,(H2,29,37)(H2,30,31,32,33). The maximum Gasteiger partial charge on any atom is 0.271 e. The average molecular weight is 543 g/mol. The number of hydrogen-bond acceptors (Lipinski definition) is 8. The summed E-state index contributed by atoms with van der Waals surface area (Å²) in [5.41, 5.74) is 12.5. The van der Waals surface area contributed by atoms with E-state index in [-0.39, 0.29) is 13.6 Å². The second kappa shape index (κ2) is 10.3. The van der Waals surface area contributed by atoms with Crippen molar-refractivity contribution in [3.63, 3.8) is 0 Å². The van der Waals surface area contributed by atoms with E-state index in [0.29, 0.717) is 28.8 Å². The number of nitrogens with zero attached hydrogens (tertiary/aromatic N) is 5. The van der Waals surface area contributed by atoms with Gasteiger partial charge in [-0.3, -0.25) is 9.48 Å². The molecular formula is C28H31N8O2P. The molecule has 1 amide bonds. The third-order valence-electron chi connectivity index (χ3n) is 6.96. The number of nitrogens with two attached hydrogens (primary N) is 1. The van der Waals surface area contributed by atoms with E-state index in [1.54, 1.807) is 19.4 Å². The van der Waals surface area contributed by atoms with Gasteiger partial charge >= 0.3 is 0 Å². The largest absolute Gasteiger partial charge is 0.494 e. The highest BCUT2D eigenvalue weighted by molar-refractivity contribution is 7.67. The van der Waals surface area contributed by atoms with Gasteiger partial charge in [-0.1, -0.05) is 6.07 Å². The van der Waals surface area contributed by atoms with E-state index in [4.69, 9.17) is 15.6 Å². The van der Waals surface area contributed by atoms with Gasteiger partial charge in [-0.25, -0.2) is 4.98 Å². The molecule has 200 valence electrons. The van der Waals surface area contributed by atoms with Crippen molar-refractivity contribution in [2.45, 2.75) is 43.9 Å². The van der Waals surface area contributed by atoms with E-state index in [1.807, 2.05) is 44.3 Å². The number of para-hydroxylation sites is 1. The number of primary amides is 1. The fourth-order valence-electron chi connectivity index (χ4n) is 4.88. The third-order valence-corrected chi connectivity index (χ3v) is 10.5. The third kappa shape index (κ3) is 5.29. The van der Waals surface area contributed by atoms with E-state index in [9.17, 15) is 4.79 Å². The molecule has 4 N–H and O–H groups in total. The van der Waals surface area contributed by atoms with E-state index in [2.05, 4.69) is 36.6 Å². The lowest BCUT2D eigenvalue weighted by atomic mass is 10.1. The van der Waals surface area contributed by atoms with E-state index >= 15 is 0 Å². The number of hydrogen-bond donors (Lipinski definition) is 3. The summed E-state index contributed by atoms with van der Waals surface area (Å²) in [5.74, 6) is 0.957. The Bertz CT molecular complexity index is 1530. The zero-order valence-corrected chi connectivity index (χ0v) is 23.1. The summed E-state index contributed by atoms with van der Waals surface area (Å²) in [5, 5.41) is 19.5. The van der Waals surface area contributed by atoms with Crippen LogP contribution in [0.4, 0.5) is 23.0 Å². The number of amides is 1. The average Bonchev–Trinajstić information content (AvgIpc) is 3.84. The molecule has 3 heterocycles. The Balaban J connectivity index is 1.34. The molecule has 10 nitrogen and oxygen atoms in total. The van der Waals surface area contributed by atoms with Crippen molar-refractivity contribution in [2.75, 3.05) is 17.7 Å². The Morgan fingerprint density at radius 3 is 2.46 bits per heavy atom. The number of aryl methyl sites for hydroxylation is 2. The first kappa shape index (κ1) is 25.2. The first-order valence-electron chi connectivity index (χ1n) is 13.0. The van der Waals surface area contributed by atoms with Crippen LogP contribution in [0, 0.1) is 6.92 Å². The number of methoxy groups -OCH3 is 1. The number of rotatable bonds is 10. The Kier molecular flexibility index (Phi) is 6.64. The van der Waals surface area contributed by atoms with Gasteiger partial charge in [0, 0.05) is 24.9 Å². The lowest BCUT2D eigenvalue weighted by molar-refractivity contribution is 0.0995. The van der Waals surface area contributed by atoms with Crippen molar-refractivity contribution in [1.29, 1.82) is 0 Å². The van der Waals surface area contributed by atoms with Crippen molar-refractivity contribution in [3.05, 3.63) is 59.9 Å².